The number of hydrogen-bond donors (Lipinski definition) is 0. The van der Waals surface area contributed by atoms with E-state index in [1.54, 1.807) is 0 Å². The highest BCUT2D eigenvalue weighted by Gasteiger charge is 2.36. The van der Waals surface area contributed by atoms with Crippen molar-refractivity contribution in [2.24, 2.45) is 0 Å². The van der Waals surface area contributed by atoms with Gasteiger partial charge in [0.05, 0.1) is 6.42 Å². The minimum absolute atomic E-state index is 0.235. The lowest BCUT2D eigenvalue weighted by Crippen LogP contribution is -2.29. The highest BCUT2D eigenvalue weighted by atomic mass is 19.3. The Bertz CT molecular complexity index is 225. The van der Waals surface area contributed by atoms with E-state index >= 15 is 0 Å². The molecular weight excluding hydrogens is 202 g/mol. The van der Waals surface area contributed by atoms with Crippen LogP contribution in [0.3, 0.4) is 0 Å². The number of Topliss-reactive ketones (excluding diaryl/α,β-unsaturated/α-hetero) is 2. The summed E-state index contributed by atoms with van der Waals surface area (Å²) >= 11 is 0. The summed E-state index contributed by atoms with van der Waals surface area (Å²) < 4.78 is 25.6. The predicted octanol–water partition coefficient (Wildman–Crippen LogP) is 3.14. The van der Waals surface area contributed by atoms with Gasteiger partial charge >= 0.3 is 5.92 Å². The van der Waals surface area contributed by atoms with Gasteiger partial charge in [0.15, 0.2) is 0 Å². The number of hydrogen-bond acceptors (Lipinski definition) is 2. The lowest BCUT2D eigenvalue weighted by atomic mass is 10.0. The van der Waals surface area contributed by atoms with E-state index in [4.69, 9.17) is 0 Å². The van der Waals surface area contributed by atoms with E-state index < -0.39 is 24.5 Å². The molecule has 0 aromatic rings. The van der Waals surface area contributed by atoms with Crippen molar-refractivity contribution in [1.29, 1.82) is 0 Å². The highest BCUT2D eigenvalue weighted by Crippen LogP contribution is 2.21. The van der Waals surface area contributed by atoms with Gasteiger partial charge in [0.2, 0.25) is 5.78 Å². The van der Waals surface area contributed by atoms with Crippen molar-refractivity contribution >= 4 is 11.6 Å². The molecule has 0 aliphatic heterocycles. The summed E-state index contributed by atoms with van der Waals surface area (Å²) in [4.78, 5) is 22.1. The van der Waals surface area contributed by atoms with Crippen LogP contribution in [0.15, 0.2) is 0 Å². The standard InChI is InChI=1S/C11H18F2O2/c1-3-5-6-7-9(14)8-10(15)11(12,13)4-2/h3-8H2,1-2H3. The zero-order valence-corrected chi connectivity index (χ0v) is 9.32. The zero-order chi connectivity index (χ0) is 11.9. The Labute approximate surface area is 89.0 Å². The molecule has 0 aliphatic rings. The van der Waals surface area contributed by atoms with E-state index in [1.807, 2.05) is 6.92 Å². The maximum absolute atomic E-state index is 12.8. The van der Waals surface area contributed by atoms with E-state index in [2.05, 4.69) is 0 Å². The molecule has 0 N–H and O–H groups in total. The molecule has 0 heterocycles. The van der Waals surface area contributed by atoms with Gasteiger partial charge in [0.1, 0.15) is 5.78 Å². The molecule has 0 aromatic carbocycles. The van der Waals surface area contributed by atoms with Crippen LogP contribution in [0.4, 0.5) is 8.78 Å². The third-order valence-electron chi connectivity index (χ3n) is 2.27. The molecule has 0 unspecified atom stereocenters. The molecule has 0 bridgehead atoms. The second-order valence-corrected chi connectivity index (χ2v) is 3.65. The maximum Gasteiger partial charge on any atom is 0.305 e. The SMILES string of the molecule is CCCCCC(=O)CC(=O)C(F)(F)CC. The van der Waals surface area contributed by atoms with E-state index in [0.717, 1.165) is 12.8 Å². The largest absolute Gasteiger partial charge is 0.305 e. The van der Waals surface area contributed by atoms with Gasteiger partial charge in [-0.25, -0.2) is 0 Å². The fourth-order valence-corrected chi connectivity index (χ4v) is 1.17. The first-order valence-electron chi connectivity index (χ1n) is 5.36. The number of carbonyl (C=O) groups is 2. The van der Waals surface area contributed by atoms with Gasteiger partial charge in [0, 0.05) is 12.8 Å². The monoisotopic (exact) mass is 220 g/mol. The second-order valence-electron chi connectivity index (χ2n) is 3.65. The second kappa shape index (κ2) is 6.64. The highest BCUT2D eigenvalue weighted by molar-refractivity contribution is 6.02. The van der Waals surface area contributed by atoms with Crippen molar-refractivity contribution in [2.45, 2.75) is 58.3 Å². The average Bonchev–Trinajstić information content (AvgIpc) is 2.18. The van der Waals surface area contributed by atoms with Crippen LogP contribution < -0.4 is 0 Å². The molecule has 0 fully saturated rings. The number of unbranched alkanes of at least 4 members (excludes halogenated alkanes) is 2. The third kappa shape index (κ3) is 5.60. The smallest absolute Gasteiger partial charge is 0.299 e. The van der Waals surface area contributed by atoms with Crippen molar-refractivity contribution < 1.29 is 18.4 Å². The Morgan fingerprint density at radius 1 is 1.13 bits per heavy atom. The lowest BCUT2D eigenvalue weighted by Gasteiger charge is -2.11. The van der Waals surface area contributed by atoms with E-state index in [0.29, 0.717) is 6.42 Å². The van der Waals surface area contributed by atoms with Crippen LogP contribution in [0.5, 0.6) is 0 Å². The van der Waals surface area contributed by atoms with Gasteiger partial charge < -0.3 is 0 Å². The minimum atomic E-state index is -3.33. The lowest BCUT2D eigenvalue weighted by molar-refractivity contribution is -0.145. The van der Waals surface area contributed by atoms with Crippen LogP contribution in [0.2, 0.25) is 0 Å². The fraction of sp³-hybridized carbons (Fsp3) is 0.818. The average molecular weight is 220 g/mol. The molecule has 15 heavy (non-hydrogen) atoms. The summed E-state index contributed by atoms with van der Waals surface area (Å²) in [6, 6.07) is 0. The molecule has 4 heteroatoms. The summed E-state index contributed by atoms with van der Waals surface area (Å²) in [5.41, 5.74) is 0. The summed E-state index contributed by atoms with van der Waals surface area (Å²) in [6.07, 6.45) is 1.62. The third-order valence-corrected chi connectivity index (χ3v) is 2.27. The summed E-state index contributed by atoms with van der Waals surface area (Å²) in [6.45, 7) is 3.22. The molecule has 0 rings (SSSR count). The minimum Gasteiger partial charge on any atom is -0.299 e. The molecule has 0 aromatic heterocycles. The summed E-state index contributed by atoms with van der Waals surface area (Å²) in [5.74, 6) is -4.95. The van der Waals surface area contributed by atoms with Gasteiger partial charge in [0.25, 0.3) is 0 Å². The number of carbonyl (C=O) groups excluding carboxylic acids is 2. The van der Waals surface area contributed by atoms with Crippen LogP contribution in [-0.2, 0) is 9.59 Å². The van der Waals surface area contributed by atoms with Gasteiger partial charge in [-0.05, 0) is 6.42 Å². The van der Waals surface area contributed by atoms with E-state index in [9.17, 15) is 18.4 Å². The van der Waals surface area contributed by atoms with Crippen LogP contribution in [0.25, 0.3) is 0 Å². The number of alkyl halides is 2. The molecule has 0 amide bonds. The van der Waals surface area contributed by atoms with E-state index in [-0.39, 0.29) is 12.2 Å². The first kappa shape index (κ1) is 14.2. The topological polar surface area (TPSA) is 34.1 Å². The first-order chi connectivity index (χ1) is 6.94. The number of halogens is 2. The van der Waals surface area contributed by atoms with Crippen LogP contribution in [-0.4, -0.2) is 17.5 Å². The Hall–Kier alpha value is -0.800. The number of ketones is 2. The number of rotatable bonds is 8. The predicted molar refractivity (Wildman–Crippen MR) is 54.0 cm³/mol. The molecule has 0 saturated carbocycles. The molecule has 0 atom stereocenters. The van der Waals surface area contributed by atoms with Gasteiger partial charge in [-0.3, -0.25) is 9.59 Å². The Morgan fingerprint density at radius 3 is 2.20 bits per heavy atom. The Kier molecular flexibility index (Phi) is 6.29. The van der Waals surface area contributed by atoms with Crippen molar-refractivity contribution in [1.82, 2.24) is 0 Å². The zero-order valence-electron chi connectivity index (χ0n) is 9.32. The molecule has 0 saturated heterocycles. The van der Waals surface area contributed by atoms with Crippen molar-refractivity contribution in [3.05, 3.63) is 0 Å². The maximum atomic E-state index is 12.8. The van der Waals surface area contributed by atoms with Crippen LogP contribution in [0, 0.1) is 0 Å². The van der Waals surface area contributed by atoms with Gasteiger partial charge in [-0.1, -0.05) is 26.7 Å². The normalized spacial score (nSPS) is 11.5. The molecule has 2 nitrogen and oxygen atoms in total. The Balaban J connectivity index is 3.92. The summed E-state index contributed by atoms with van der Waals surface area (Å²) in [5, 5.41) is 0. The molecular formula is C11H18F2O2. The fourth-order valence-electron chi connectivity index (χ4n) is 1.17. The first-order valence-corrected chi connectivity index (χ1v) is 5.36. The van der Waals surface area contributed by atoms with Crippen molar-refractivity contribution in [3.8, 4) is 0 Å². The van der Waals surface area contributed by atoms with E-state index in [1.165, 1.54) is 6.92 Å². The van der Waals surface area contributed by atoms with Gasteiger partial charge in [-0.15, -0.1) is 0 Å². The van der Waals surface area contributed by atoms with Crippen molar-refractivity contribution in [2.75, 3.05) is 0 Å². The molecule has 0 radical (unpaired) electrons. The Morgan fingerprint density at radius 2 is 1.73 bits per heavy atom. The van der Waals surface area contributed by atoms with Crippen LogP contribution >= 0.6 is 0 Å². The molecule has 0 aliphatic carbocycles. The van der Waals surface area contributed by atoms with Gasteiger partial charge in [-0.2, -0.15) is 8.78 Å². The van der Waals surface area contributed by atoms with Crippen molar-refractivity contribution in [3.63, 3.8) is 0 Å². The molecule has 0 spiro atoms. The quantitative estimate of drug-likeness (QED) is 0.465. The van der Waals surface area contributed by atoms with Crippen LogP contribution in [0.1, 0.15) is 52.4 Å². The summed E-state index contributed by atoms with van der Waals surface area (Å²) in [7, 11) is 0. The molecule has 88 valence electrons.